The Morgan fingerprint density at radius 1 is 1.11 bits per heavy atom. The number of amides is 2. The van der Waals surface area contributed by atoms with Gasteiger partial charge in [-0.3, -0.25) is 10.1 Å². The van der Waals surface area contributed by atoms with Crippen LogP contribution in [0.1, 0.15) is 30.9 Å². The second kappa shape index (κ2) is 13.2. The van der Waals surface area contributed by atoms with Crippen molar-refractivity contribution in [3.8, 4) is 5.75 Å². The number of halogens is 1. The second-order valence-electron chi connectivity index (χ2n) is 7.87. The van der Waals surface area contributed by atoms with Gasteiger partial charge in [0, 0.05) is 10.6 Å². The number of rotatable bonds is 10. The third-order valence-electron chi connectivity index (χ3n) is 5.25. The van der Waals surface area contributed by atoms with Gasteiger partial charge in [0.1, 0.15) is 6.10 Å². The van der Waals surface area contributed by atoms with Crippen LogP contribution < -0.4 is 16.4 Å². The Bertz CT molecular complexity index is 1220. The maximum Gasteiger partial charge on any atom is 0.412 e. The number of hydrogen-bond acceptors (Lipinski definition) is 6. The van der Waals surface area contributed by atoms with Gasteiger partial charge in [-0.15, -0.1) is 11.8 Å². The molecule has 0 radical (unpaired) electrons. The largest absolute Gasteiger partial charge is 0.505 e. The van der Waals surface area contributed by atoms with E-state index in [1.54, 1.807) is 54.2 Å². The molecule has 9 heteroatoms. The van der Waals surface area contributed by atoms with Crippen molar-refractivity contribution < 1.29 is 23.8 Å². The van der Waals surface area contributed by atoms with Crippen LogP contribution in [0.3, 0.4) is 0 Å². The van der Waals surface area contributed by atoms with Gasteiger partial charge in [-0.25, -0.2) is 9.18 Å². The summed E-state index contributed by atoms with van der Waals surface area (Å²) in [4.78, 5) is 25.7. The number of benzene rings is 3. The summed E-state index contributed by atoms with van der Waals surface area (Å²) < 4.78 is 19.6. The van der Waals surface area contributed by atoms with Crippen molar-refractivity contribution in [2.75, 3.05) is 22.6 Å². The van der Waals surface area contributed by atoms with Gasteiger partial charge in [0.15, 0.2) is 11.6 Å². The number of allylic oxidation sites excluding steroid dienone is 1. The van der Waals surface area contributed by atoms with Crippen LogP contribution in [-0.4, -0.2) is 23.4 Å². The molecule has 7 nitrogen and oxygen atoms in total. The van der Waals surface area contributed by atoms with Crippen LogP contribution in [0.2, 0.25) is 0 Å². The lowest BCUT2D eigenvalue weighted by atomic mass is 10.0. The number of para-hydroxylation sites is 2. The number of hydrogen-bond donors (Lipinski definition) is 4. The molecule has 3 aromatic carbocycles. The average molecular weight is 510 g/mol. The molecule has 0 aliphatic heterocycles. The van der Waals surface area contributed by atoms with Crippen molar-refractivity contribution in [2.45, 2.75) is 30.3 Å². The molecule has 0 aromatic heterocycles. The summed E-state index contributed by atoms with van der Waals surface area (Å²) in [5.41, 5.74) is 7.82. The molecule has 0 unspecified atom stereocenters. The average Bonchev–Trinajstić information content (AvgIpc) is 2.86. The Balaban J connectivity index is 1.58. The minimum absolute atomic E-state index is 0.312. The third kappa shape index (κ3) is 8.06. The Hall–Kier alpha value is -3.98. The predicted octanol–water partition coefficient (Wildman–Crippen LogP) is 6.49. The first-order chi connectivity index (χ1) is 17.4. The van der Waals surface area contributed by atoms with Crippen LogP contribution in [0.5, 0.6) is 5.75 Å². The fourth-order valence-corrected chi connectivity index (χ4v) is 3.77. The Labute approximate surface area is 213 Å². The van der Waals surface area contributed by atoms with Crippen LogP contribution in [0.25, 0.3) is 0 Å². The molecule has 36 heavy (non-hydrogen) atoms. The zero-order chi connectivity index (χ0) is 25.9. The number of carbonyl (C=O) groups is 2. The molecule has 0 aliphatic rings. The summed E-state index contributed by atoms with van der Waals surface area (Å²) >= 11 is 1.59. The van der Waals surface area contributed by atoms with Gasteiger partial charge in [0.05, 0.1) is 11.4 Å². The summed E-state index contributed by atoms with van der Waals surface area (Å²) in [6, 6.07) is 18.1. The first-order valence-corrected chi connectivity index (χ1v) is 12.5. The number of anilines is 3. The molecule has 0 spiro atoms. The van der Waals surface area contributed by atoms with Crippen LogP contribution in [0.15, 0.2) is 83.8 Å². The molecule has 3 aromatic rings. The van der Waals surface area contributed by atoms with Crippen LogP contribution in [0, 0.1) is 5.82 Å². The smallest absolute Gasteiger partial charge is 0.412 e. The number of thioether (sulfide) groups is 1. The maximum atomic E-state index is 14.0. The zero-order valence-corrected chi connectivity index (χ0v) is 20.6. The molecule has 0 bridgehead atoms. The standard InChI is InChI=1S/C27H28FN3O4S/c1-36-20-14-12-19(13-15-20)30-27(34)35-25(18-11-16-24(32)21(28)17-18)9-3-2-4-10-26(33)31-23-8-6-5-7-22(23)29/h4-8,10-17,25,32H,2-3,9,29H2,1H3,(H,30,34)(H,31,33)/b10-4+/t25-/m0/s1. The highest BCUT2D eigenvalue weighted by molar-refractivity contribution is 7.98. The molecule has 3 rings (SSSR count). The number of unbranched alkanes of at least 4 members (excludes halogenated alkanes) is 1. The van der Waals surface area contributed by atoms with E-state index >= 15 is 0 Å². The monoisotopic (exact) mass is 509 g/mol. The number of carbonyl (C=O) groups excluding carboxylic acids is 2. The number of phenols is 1. The first kappa shape index (κ1) is 26.6. The van der Waals surface area contributed by atoms with E-state index in [1.807, 2.05) is 18.4 Å². The summed E-state index contributed by atoms with van der Waals surface area (Å²) in [5.74, 6) is -1.59. The SMILES string of the molecule is CSc1ccc(NC(=O)O[C@@H](CCC/C=C/C(=O)Nc2ccccc2N)c2ccc(O)c(F)c2)cc1. The minimum Gasteiger partial charge on any atom is -0.505 e. The van der Waals surface area contributed by atoms with E-state index in [4.69, 9.17) is 10.5 Å². The van der Waals surface area contributed by atoms with Gasteiger partial charge < -0.3 is 20.9 Å². The van der Waals surface area contributed by atoms with Crippen molar-refractivity contribution in [2.24, 2.45) is 0 Å². The van der Waals surface area contributed by atoms with Gasteiger partial charge in [-0.1, -0.05) is 24.3 Å². The summed E-state index contributed by atoms with van der Waals surface area (Å²) in [5, 5.41) is 14.9. The van der Waals surface area contributed by atoms with Gasteiger partial charge >= 0.3 is 6.09 Å². The number of ether oxygens (including phenoxy) is 1. The second-order valence-corrected chi connectivity index (χ2v) is 8.75. The van der Waals surface area contributed by atoms with Gasteiger partial charge in [-0.05, 0) is 85.7 Å². The molecule has 0 heterocycles. The lowest BCUT2D eigenvalue weighted by Gasteiger charge is -2.19. The highest BCUT2D eigenvalue weighted by Gasteiger charge is 2.18. The van der Waals surface area contributed by atoms with Crippen molar-refractivity contribution in [1.29, 1.82) is 0 Å². The number of nitrogens with two attached hydrogens (primary N) is 1. The highest BCUT2D eigenvalue weighted by Crippen LogP contribution is 2.28. The Kier molecular flexibility index (Phi) is 9.76. The molecule has 0 aliphatic carbocycles. The van der Waals surface area contributed by atoms with Crippen molar-refractivity contribution in [3.05, 3.63) is 90.3 Å². The summed E-state index contributed by atoms with van der Waals surface area (Å²) in [7, 11) is 0. The van der Waals surface area contributed by atoms with E-state index in [-0.39, 0.29) is 5.91 Å². The number of nitrogen functional groups attached to an aromatic ring is 1. The highest BCUT2D eigenvalue weighted by atomic mass is 32.2. The minimum atomic E-state index is -0.800. The third-order valence-corrected chi connectivity index (χ3v) is 6.00. The van der Waals surface area contributed by atoms with Gasteiger partial charge in [0.2, 0.25) is 5.91 Å². The van der Waals surface area contributed by atoms with Gasteiger partial charge in [-0.2, -0.15) is 0 Å². The van der Waals surface area contributed by atoms with Crippen LogP contribution in [-0.2, 0) is 9.53 Å². The van der Waals surface area contributed by atoms with E-state index in [2.05, 4.69) is 10.6 Å². The van der Waals surface area contributed by atoms with E-state index in [1.165, 1.54) is 18.2 Å². The number of phenolic OH excluding ortho intramolecular Hbond substituents is 1. The molecule has 0 fully saturated rings. The van der Waals surface area contributed by atoms with E-state index in [0.29, 0.717) is 41.9 Å². The lowest BCUT2D eigenvalue weighted by molar-refractivity contribution is -0.111. The summed E-state index contributed by atoms with van der Waals surface area (Å²) in [6.07, 6.45) is 5.09. The normalized spacial score (nSPS) is 11.7. The zero-order valence-electron chi connectivity index (χ0n) is 19.7. The van der Waals surface area contributed by atoms with Crippen molar-refractivity contribution in [1.82, 2.24) is 0 Å². The summed E-state index contributed by atoms with van der Waals surface area (Å²) in [6.45, 7) is 0. The molecule has 0 saturated heterocycles. The molecule has 188 valence electrons. The Morgan fingerprint density at radius 2 is 1.86 bits per heavy atom. The predicted molar refractivity (Wildman–Crippen MR) is 142 cm³/mol. The van der Waals surface area contributed by atoms with Crippen LogP contribution >= 0.6 is 11.8 Å². The van der Waals surface area contributed by atoms with Crippen molar-refractivity contribution in [3.63, 3.8) is 0 Å². The first-order valence-electron chi connectivity index (χ1n) is 11.3. The van der Waals surface area contributed by atoms with Crippen molar-refractivity contribution >= 4 is 40.8 Å². The van der Waals surface area contributed by atoms with Gasteiger partial charge in [0.25, 0.3) is 0 Å². The van der Waals surface area contributed by atoms with E-state index in [0.717, 1.165) is 11.0 Å². The molecule has 1 atom stereocenters. The fourth-order valence-electron chi connectivity index (χ4n) is 3.36. The quantitative estimate of drug-likeness (QED) is 0.108. The Morgan fingerprint density at radius 3 is 2.56 bits per heavy atom. The number of aromatic hydroxyl groups is 1. The molecule has 2 amide bonds. The maximum absolute atomic E-state index is 14.0. The topological polar surface area (TPSA) is 114 Å². The lowest BCUT2D eigenvalue weighted by Crippen LogP contribution is -2.17. The number of nitrogens with one attached hydrogen (secondary N) is 2. The van der Waals surface area contributed by atoms with E-state index in [9.17, 15) is 19.1 Å². The fraction of sp³-hybridized carbons (Fsp3) is 0.185. The van der Waals surface area contributed by atoms with Crippen LogP contribution in [0.4, 0.5) is 26.2 Å². The molecular formula is C27H28FN3O4S. The molecule has 5 N–H and O–H groups in total. The molecular weight excluding hydrogens is 481 g/mol. The molecule has 0 saturated carbocycles. The van der Waals surface area contributed by atoms with E-state index < -0.39 is 23.8 Å².